The van der Waals surface area contributed by atoms with Crippen molar-refractivity contribution in [3.05, 3.63) is 36.0 Å². The molecule has 9 nitrogen and oxygen atoms in total. The summed E-state index contributed by atoms with van der Waals surface area (Å²) < 4.78 is 7.44. The molecule has 2 amide bonds. The molecule has 0 aliphatic carbocycles. The monoisotopic (exact) mass is 442 g/mol. The maximum absolute atomic E-state index is 12.7. The van der Waals surface area contributed by atoms with E-state index >= 15 is 0 Å². The van der Waals surface area contributed by atoms with Gasteiger partial charge in [-0.05, 0) is 38.4 Å². The molecule has 0 radical (unpaired) electrons. The molecule has 2 aliphatic heterocycles. The minimum absolute atomic E-state index is 0.0566. The van der Waals surface area contributed by atoms with Gasteiger partial charge in [-0.15, -0.1) is 0 Å². The fraction of sp³-hybridized carbons (Fsp3) is 0.565. The van der Waals surface area contributed by atoms with Crippen LogP contribution in [0.3, 0.4) is 0 Å². The van der Waals surface area contributed by atoms with Gasteiger partial charge in [0.15, 0.2) is 0 Å². The molecule has 0 aromatic carbocycles. The fourth-order valence-electron chi connectivity index (χ4n) is 4.29. The number of carbonyl (C=O) groups excluding carboxylic acids is 2. The Bertz CT molecular complexity index is 929. The number of nitrogens with one attached hydrogen (secondary N) is 1. The van der Waals surface area contributed by atoms with Gasteiger partial charge in [0.05, 0.1) is 25.3 Å². The molecule has 9 heteroatoms. The zero-order valence-corrected chi connectivity index (χ0v) is 19.1. The van der Waals surface area contributed by atoms with Gasteiger partial charge in [0.25, 0.3) is 5.91 Å². The zero-order valence-electron chi connectivity index (χ0n) is 19.1. The number of amides is 2. The fourth-order valence-corrected chi connectivity index (χ4v) is 4.29. The largest absolute Gasteiger partial charge is 0.379 e. The van der Waals surface area contributed by atoms with E-state index in [1.807, 2.05) is 42.2 Å². The molecule has 32 heavy (non-hydrogen) atoms. The third-order valence-electron chi connectivity index (χ3n) is 6.12. The summed E-state index contributed by atoms with van der Waals surface area (Å²) in [5.41, 5.74) is 1.70. The topological polar surface area (TPSA) is 72.8 Å². The van der Waals surface area contributed by atoms with Gasteiger partial charge < -0.3 is 29.2 Å². The molecule has 0 unspecified atom stereocenters. The Morgan fingerprint density at radius 3 is 2.44 bits per heavy atom. The summed E-state index contributed by atoms with van der Waals surface area (Å²) in [7, 11) is 3.83. The predicted molar refractivity (Wildman–Crippen MR) is 124 cm³/mol. The van der Waals surface area contributed by atoms with Crippen molar-refractivity contribution in [2.75, 3.05) is 91.1 Å². The van der Waals surface area contributed by atoms with Crippen molar-refractivity contribution < 1.29 is 14.3 Å². The maximum Gasteiger partial charge on any atom is 0.252 e. The second kappa shape index (κ2) is 10.3. The Labute approximate surface area is 189 Å². The third-order valence-corrected chi connectivity index (χ3v) is 6.12. The molecular formula is C23H34N6O3. The van der Waals surface area contributed by atoms with E-state index < -0.39 is 0 Å². The first kappa shape index (κ1) is 22.6. The molecular weight excluding hydrogens is 408 g/mol. The average molecular weight is 443 g/mol. The third kappa shape index (κ3) is 5.40. The molecule has 174 valence electrons. The van der Waals surface area contributed by atoms with Gasteiger partial charge in [-0.25, -0.2) is 0 Å². The molecule has 0 bridgehead atoms. The van der Waals surface area contributed by atoms with Gasteiger partial charge in [-0.2, -0.15) is 0 Å². The van der Waals surface area contributed by atoms with E-state index in [9.17, 15) is 9.59 Å². The van der Waals surface area contributed by atoms with E-state index in [-0.39, 0.29) is 11.8 Å². The molecule has 4 heterocycles. The maximum atomic E-state index is 12.7. The van der Waals surface area contributed by atoms with Crippen LogP contribution in [-0.4, -0.2) is 117 Å². The lowest BCUT2D eigenvalue weighted by atomic mass is 10.2. The molecule has 2 aromatic rings. The number of nitrogens with zero attached hydrogens (tertiary/aromatic N) is 5. The Kier molecular flexibility index (Phi) is 7.29. The van der Waals surface area contributed by atoms with Crippen LogP contribution in [0.5, 0.6) is 0 Å². The number of anilines is 1. The van der Waals surface area contributed by atoms with Crippen molar-refractivity contribution in [2.45, 2.75) is 0 Å². The van der Waals surface area contributed by atoms with Gasteiger partial charge in [0, 0.05) is 64.1 Å². The highest BCUT2D eigenvalue weighted by Crippen LogP contribution is 2.22. The van der Waals surface area contributed by atoms with Crippen LogP contribution in [0.4, 0.5) is 5.82 Å². The number of hydrogen-bond donors (Lipinski definition) is 1. The van der Waals surface area contributed by atoms with Crippen molar-refractivity contribution >= 4 is 23.1 Å². The second-order valence-corrected chi connectivity index (χ2v) is 8.72. The lowest BCUT2D eigenvalue weighted by Crippen LogP contribution is -2.51. The van der Waals surface area contributed by atoms with Crippen LogP contribution >= 0.6 is 0 Å². The number of aromatic nitrogens is 1. The summed E-state index contributed by atoms with van der Waals surface area (Å²) in [4.78, 5) is 33.5. The zero-order chi connectivity index (χ0) is 22.5. The Morgan fingerprint density at radius 1 is 1.00 bits per heavy atom. The van der Waals surface area contributed by atoms with Crippen molar-refractivity contribution in [2.24, 2.45) is 0 Å². The number of piperazine rings is 1. The number of pyridine rings is 1. The number of carbonyl (C=O) groups is 2. The first-order chi connectivity index (χ1) is 15.5. The van der Waals surface area contributed by atoms with Crippen molar-refractivity contribution in [3.63, 3.8) is 0 Å². The average Bonchev–Trinajstić information content (AvgIpc) is 3.22. The highest BCUT2D eigenvalue weighted by molar-refractivity contribution is 5.94. The number of rotatable bonds is 7. The molecule has 0 atom stereocenters. The van der Waals surface area contributed by atoms with E-state index in [4.69, 9.17) is 4.74 Å². The standard InChI is InChI=1S/C23H34N6O3/c1-25(2)18-22(30)28-11-9-27(10-12-28)21-6-5-20-4-3-19(17-29(20)21)23(31)24-7-8-26-13-15-32-16-14-26/h3-6,17H,7-16,18H2,1-2H3,(H,24,31). The molecule has 2 saturated heterocycles. The summed E-state index contributed by atoms with van der Waals surface area (Å²) >= 11 is 0. The summed E-state index contributed by atoms with van der Waals surface area (Å²) in [6, 6.07) is 8.02. The molecule has 1 N–H and O–H groups in total. The minimum Gasteiger partial charge on any atom is -0.379 e. The molecule has 2 aliphatic rings. The van der Waals surface area contributed by atoms with E-state index in [2.05, 4.69) is 31.7 Å². The van der Waals surface area contributed by atoms with Crippen molar-refractivity contribution in [1.82, 2.24) is 24.4 Å². The lowest BCUT2D eigenvalue weighted by Gasteiger charge is -2.36. The van der Waals surface area contributed by atoms with Crippen molar-refractivity contribution in [1.29, 1.82) is 0 Å². The van der Waals surface area contributed by atoms with Crippen LogP contribution in [0.15, 0.2) is 30.5 Å². The van der Waals surface area contributed by atoms with Crippen molar-refractivity contribution in [3.8, 4) is 0 Å². The van der Waals surface area contributed by atoms with Crippen LogP contribution in [0, 0.1) is 0 Å². The number of hydrogen-bond acceptors (Lipinski definition) is 6. The van der Waals surface area contributed by atoms with E-state index in [0.29, 0.717) is 31.7 Å². The number of ether oxygens (including phenoxy) is 1. The quantitative estimate of drug-likeness (QED) is 0.661. The SMILES string of the molecule is CN(C)CC(=O)N1CCN(c2ccc3ccc(C(=O)NCCN4CCOCC4)cn23)CC1. The normalized spacial score (nSPS) is 17.8. The molecule has 0 spiro atoms. The van der Waals surface area contributed by atoms with Gasteiger partial charge in [-0.1, -0.05) is 0 Å². The summed E-state index contributed by atoms with van der Waals surface area (Å²) in [5.74, 6) is 1.17. The first-order valence-corrected chi connectivity index (χ1v) is 11.4. The van der Waals surface area contributed by atoms with Gasteiger partial charge in [-0.3, -0.25) is 14.5 Å². The van der Waals surface area contributed by atoms with E-state index in [1.54, 1.807) is 0 Å². The Balaban J connectivity index is 1.36. The van der Waals surface area contributed by atoms with E-state index in [0.717, 1.165) is 57.3 Å². The number of fused-ring (bicyclic) bond motifs is 1. The van der Waals surface area contributed by atoms with Crippen LogP contribution in [0.2, 0.25) is 0 Å². The van der Waals surface area contributed by atoms with Gasteiger partial charge in [0.1, 0.15) is 5.82 Å². The van der Waals surface area contributed by atoms with E-state index in [1.165, 1.54) is 0 Å². The summed E-state index contributed by atoms with van der Waals surface area (Å²) in [5, 5.41) is 3.04. The smallest absolute Gasteiger partial charge is 0.252 e. The Morgan fingerprint density at radius 2 is 1.72 bits per heavy atom. The van der Waals surface area contributed by atoms with Gasteiger partial charge >= 0.3 is 0 Å². The molecule has 2 fully saturated rings. The minimum atomic E-state index is -0.0566. The van der Waals surface area contributed by atoms with Crippen LogP contribution in [-0.2, 0) is 9.53 Å². The number of likely N-dealkylation sites (N-methyl/N-ethyl adjacent to an activating group) is 1. The highest BCUT2D eigenvalue weighted by atomic mass is 16.5. The number of morpholine rings is 1. The highest BCUT2D eigenvalue weighted by Gasteiger charge is 2.23. The summed E-state index contributed by atoms with van der Waals surface area (Å²) in [6.07, 6.45) is 1.91. The van der Waals surface area contributed by atoms with Crippen LogP contribution in [0.1, 0.15) is 10.4 Å². The Hall–Kier alpha value is -2.62. The predicted octanol–water partition coefficient (Wildman–Crippen LogP) is 0.212. The molecule has 2 aromatic heterocycles. The molecule has 0 saturated carbocycles. The molecule has 4 rings (SSSR count). The first-order valence-electron chi connectivity index (χ1n) is 11.4. The van der Waals surface area contributed by atoms with Crippen LogP contribution in [0.25, 0.3) is 5.52 Å². The second-order valence-electron chi connectivity index (χ2n) is 8.72. The van der Waals surface area contributed by atoms with Gasteiger partial charge in [0.2, 0.25) is 5.91 Å². The lowest BCUT2D eigenvalue weighted by molar-refractivity contribution is -0.132. The van der Waals surface area contributed by atoms with Crippen LogP contribution < -0.4 is 10.2 Å². The summed E-state index contributed by atoms with van der Waals surface area (Å²) in [6.45, 7) is 8.24.